The topological polar surface area (TPSA) is 78.3 Å². The van der Waals surface area contributed by atoms with Crippen LogP contribution in [0, 0.1) is 5.92 Å². The third-order valence-electron chi connectivity index (χ3n) is 3.92. The Hall–Kier alpha value is -1.89. The maximum Gasteiger partial charge on any atom is 0.364 e. The second-order valence-electron chi connectivity index (χ2n) is 5.86. The molecule has 3 heterocycles. The summed E-state index contributed by atoms with van der Waals surface area (Å²) >= 11 is 0. The number of nitrogens with zero attached hydrogens (tertiary/aromatic N) is 4. The molecular formula is C14H22N6O. The average Bonchev–Trinajstić information content (AvgIpc) is 2.87. The summed E-state index contributed by atoms with van der Waals surface area (Å²) in [6.45, 7) is 6.64. The van der Waals surface area contributed by atoms with Gasteiger partial charge in [0, 0.05) is 13.1 Å². The Morgan fingerprint density at radius 1 is 1.33 bits per heavy atom. The first-order chi connectivity index (χ1) is 10.2. The molecule has 7 nitrogen and oxygen atoms in total. The highest BCUT2D eigenvalue weighted by Gasteiger charge is 2.13. The maximum absolute atomic E-state index is 11.5. The van der Waals surface area contributed by atoms with E-state index in [4.69, 9.17) is 0 Å². The van der Waals surface area contributed by atoms with E-state index >= 15 is 0 Å². The van der Waals surface area contributed by atoms with Crippen molar-refractivity contribution < 1.29 is 0 Å². The molecular weight excluding hydrogens is 268 g/mol. The molecule has 2 aromatic rings. The van der Waals surface area contributed by atoms with Gasteiger partial charge in [0.2, 0.25) is 0 Å². The van der Waals surface area contributed by atoms with Crippen LogP contribution >= 0.6 is 0 Å². The number of rotatable bonds is 5. The fourth-order valence-corrected chi connectivity index (χ4v) is 2.82. The van der Waals surface area contributed by atoms with Gasteiger partial charge in [-0.25, -0.2) is 9.89 Å². The van der Waals surface area contributed by atoms with E-state index in [-0.39, 0.29) is 5.69 Å². The van der Waals surface area contributed by atoms with Crippen molar-refractivity contribution in [3.63, 3.8) is 0 Å². The van der Waals surface area contributed by atoms with E-state index in [0.29, 0.717) is 17.4 Å². The van der Waals surface area contributed by atoms with Gasteiger partial charge in [0.25, 0.3) is 0 Å². The van der Waals surface area contributed by atoms with Gasteiger partial charge in [0.15, 0.2) is 5.65 Å². The number of likely N-dealkylation sites (tertiary alicyclic amines) is 1. The van der Waals surface area contributed by atoms with Crippen LogP contribution in [0.2, 0.25) is 0 Å². The highest BCUT2D eigenvalue weighted by molar-refractivity contribution is 5.42. The third kappa shape index (κ3) is 3.41. The lowest BCUT2D eigenvalue weighted by Gasteiger charge is -2.29. The fraction of sp³-hybridized carbons (Fsp3) is 0.643. The van der Waals surface area contributed by atoms with Crippen LogP contribution in [0.4, 0.5) is 5.82 Å². The van der Waals surface area contributed by atoms with Gasteiger partial charge in [0.05, 0.1) is 0 Å². The van der Waals surface area contributed by atoms with E-state index in [1.54, 1.807) is 6.07 Å². The largest absolute Gasteiger partial charge is 0.368 e. The summed E-state index contributed by atoms with van der Waals surface area (Å²) in [6.07, 6.45) is 4.01. The van der Waals surface area contributed by atoms with Gasteiger partial charge in [-0.1, -0.05) is 13.3 Å². The molecule has 2 N–H and O–H groups in total. The van der Waals surface area contributed by atoms with Crippen molar-refractivity contribution in [1.82, 2.24) is 24.7 Å². The molecule has 1 aliphatic heterocycles. The van der Waals surface area contributed by atoms with E-state index in [0.717, 1.165) is 13.1 Å². The lowest BCUT2D eigenvalue weighted by molar-refractivity contribution is 0.204. The Morgan fingerprint density at radius 3 is 2.95 bits per heavy atom. The first-order valence-corrected chi connectivity index (χ1v) is 7.63. The molecule has 0 aliphatic carbocycles. The first-order valence-electron chi connectivity index (χ1n) is 7.63. The lowest BCUT2D eigenvalue weighted by Crippen LogP contribution is -2.35. The number of aromatic amines is 1. The van der Waals surface area contributed by atoms with E-state index in [2.05, 4.69) is 32.4 Å². The molecule has 0 aromatic carbocycles. The van der Waals surface area contributed by atoms with Crippen molar-refractivity contribution in [1.29, 1.82) is 0 Å². The molecule has 1 saturated heterocycles. The number of nitrogens with one attached hydrogen (secondary N) is 2. The molecule has 0 bridgehead atoms. The monoisotopic (exact) mass is 290 g/mol. The summed E-state index contributed by atoms with van der Waals surface area (Å²) < 4.78 is 1.28. The predicted molar refractivity (Wildman–Crippen MR) is 81.6 cm³/mol. The van der Waals surface area contributed by atoms with Crippen molar-refractivity contribution in [3.8, 4) is 0 Å². The zero-order chi connectivity index (χ0) is 14.7. The Balaban J connectivity index is 1.55. The van der Waals surface area contributed by atoms with Crippen LogP contribution in [0.15, 0.2) is 16.9 Å². The smallest absolute Gasteiger partial charge is 0.364 e. The van der Waals surface area contributed by atoms with Crippen LogP contribution in [0.1, 0.15) is 26.2 Å². The molecule has 1 aliphatic rings. The molecule has 0 spiro atoms. The van der Waals surface area contributed by atoms with Gasteiger partial charge in [-0.15, -0.1) is 5.10 Å². The van der Waals surface area contributed by atoms with Crippen LogP contribution in [0.3, 0.4) is 0 Å². The van der Waals surface area contributed by atoms with Gasteiger partial charge in [-0.05, 0) is 44.0 Å². The van der Waals surface area contributed by atoms with Crippen LogP contribution in [0.25, 0.3) is 5.65 Å². The number of hydrogen-bond acceptors (Lipinski definition) is 5. The summed E-state index contributed by atoms with van der Waals surface area (Å²) in [5.74, 6) is 1.25. The third-order valence-corrected chi connectivity index (χ3v) is 3.92. The van der Waals surface area contributed by atoms with Gasteiger partial charge in [-0.2, -0.15) is 9.61 Å². The van der Waals surface area contributed by atoms with Gasteiger partial charge < -0.3 is 10.2 Å². The summed E-state index contributed by atoms with van der Waals surface area (Å²) in [5, 5.41) is 13.8. The molecule has 0 radical (unpaired) electrons. The van der Waals surface area contributed by atoms with Crippen LogP contribution < -0.4 is 11.0 Å². The zero-order valence-corrected chi connectivity index (χ0v) is 12.4. The summed E-state index contributed by atoms with van der Waals surface area (Å²) in [4.78, 5) is 14.0. The molecule has 0 amide bonds. The zero-order valence-electron chi connectivity index (χ0n) is 12.4. The minimum atomic E-state index is -0.310. The Bertz CT molecular complexity index is 642. The van der Waals surface area contributed by atoms with Crippen molar-refractivity contribution in [2.45, 2.75) is 26.2 Å². The van der Waals surface area contributed by atoms with Crippen LogP contribution in [0.5, 0.6) is 0 Å². The van der Waals surface area contributed by atoms with E-state index in [1.807, 2.05) is 6.07 Å². The number of piperidine rings is 1. The summed E-state index contributed by atoms with van der Waals surface area (Å²) in [5.41, 5.74) is 0.224. The molecule has 2 aromatic heterocycles. The highest BCUT2D eigenvalue weighted by atomic mass is 16.2. The second kappa shape index (κ2) is 6.26. The first kappa shape index (κ1) is 14.1. The van der Waals surface area contributed by atoms with Crippen molar-refractivity contribution in [2.75, 3.05) is 31.5 Å². The average molecular weight is 290 g/mol. The highest BCUT2D eigenvalue weighted by Crippen LogP contribution is 2.11. The van der Waals surface area contributed by atoms with Crippen LogP contribution in [-0.4, -0.2) is 50.9 Å². The summed E-state index contributed by atoms with van der Waals surface area (Å²) in [6, 6.07) is 3.63. The molecule has 1 unspecified atom stereocenters. The van der Waals surface area contributed by atoms with Crippen molar-refractivity contribution >= 4 is 11.5 Å². The van der Waals surface area contributed by atoms with Crippen molar-refractivity contribution in [3.05, 3.63) is 22.6 Å². The Labute approximate surface area is 123 Å². The Kier molecular flexibility index (Phi) is 4.19. The number of aromatic nitrogens is 4. The second-order valence-corrected chi connectivity index (χ2v) is 5.86. The van der Waals surface area contributed by atoms with E-state index < -0.39 is 0 Å². The minimum Gasteiger partial charge on any atom is -0.368 e. The molecule has 1 atom stereocenters. The van der Waals surface area contributed by atoms with Crippen molar-refractivity contribution in [2.24, 2.45) is 5.92 Å². The molecule has 21 heavy (non-hydrogen) atoms. The maximum atomic E-state index is 11.5. The SMILES string of the molecule is CC(CNc1ccc2n[nH]c(=O)n2n1)CN1CCCCC1. The van der Waals surface area contributed by atoms with E-state index in [9.17, 15) is 4.79 Å². The summed E-state index contributed by atoms with van der Waals surface area (Å²) in [7, 11) is 0. The number of H-pyrrole nitrogens is 1. The van der Waals surface area contributed by atoms with Gasteiger partial charge in [0.1, 0.15) is 5.82 Å². The standard InChI is InChI=1S/C14H22N6O/c1-11(10-19-7-3-2-4-8-19)9-15-12-5-6-13-16-17-14(21)20(13)18-12/h5-6,11H,2-4,7-10H2,1H3,(H,15,18)(H,17,21). The van der Waals surface area contributed by atoms with Gasteiger partial charge in [-0.3, -0.25) is 0 Å². The van der Waals surface area contributed by atoms with Gasteiger partial charge >= 0.3 is 5.69 Å². The number of hydrogen-bond donors (Lipinski definition) is 2. The molecule has 0 saturated carbocycles. The number of fused-ring (bicyclic) bond motifs is 1. The van der Waals surface area contributed by atoms with Crippen LogP contribution in [-0.2, 0) is 0 Å². The molecule has 114 valence electrons. The Morgan fingerprint density at radius 2 is 2.14 bits per heavy atom. The predicted octanol–water partition coefficient (Wildman–Crippen LogP) is 0.951. The molecule has 1 fully saturated rings. The fourth-order valence-electron chi connectivity index (χ4n) is 2.82. The minimum absolute atomic E-state index is 0.310. The molecule has 3 rings (SSSR count). The molecule has 7 heteroatoms. The normalized spacial score (nSPS) is 18.0. The quantitative estimate of drug-likeness (QED) is 0.857. The lowest BCUT2D eigenvalue weighted by atomic mass is 10.1. The van der Waals surface area contributed by atoms with E-state index in [1.165, 1.54) is 36.9 Å². The number of anilines is 1.